The molecule has 11 heteroatoms. The van der Waals surface area contributed by atoms with Crippen LogP contribution in [0.4, 0.5) is 13.6 Å². The number of nitrogens with one attached hydrogen (secondary N) is 1. The van der Waals surface area contributed by atoms with E-state index in [0.717, 1.165) is 16.0 Å². The van der Waals surface area contributed by atoms with E-state index in [-0.39, 0.29) is 23.5 Å². The number of imide groups is 1. The molecule has 1 unspecified atom stereocenters. The predicted octanol–water partition coefficient (Wildman–Crippen LogP) is 4.40. The second kappa shape index (κ2) is 10.5. The molecule has 2 fully saturated rings. The summed E-state index contributed by atoms with van der Waals surface area (Å²) in [7, 11) is 0. The third-order valence-corrected chi connectivity index (χ3v) is 8.40. The molecule has 1 spiro atoms. The summed E-state index contributed by atoms with van der Waals surface area (Å²) in [4.78, 5) is 53.8. The number of carbonyl (C=O) groups is 4. The summed E-state index contributed by atoms with van der Waals surface area (Å²) >= 11 is 3.16. The molecule has 204 valence electrons. The average molecular weight is 602 g/mol. The summed E-state index contributed by atoms with van der Waals surface area (Å²) in [5, 5.41) is 11.8. The third-order valence-electron chi connectivity index (χ3n) is 7.80. The number of fused-ring (bicyclic) bond motifs is 2. The second-order valence-corrected chi connectivity index (χ2v) is 11.0. The quantitative estimate of drug-likeness (QED) is 0.377. The highest BCUT2D eigenvalue weighted by Crippen LogP contribution is 2.43. The topological polar surface area (TPSA) is 107 Å². The van der Waals surface area contributed by atoms with Crippen LogP contribution < -0.4 is 5.32 Å². The second-order valence-electron chi connectivity index (χ2n) is 10.2. The van der Waals surface area contributed by atoms with E-state index in [9.17, 15) is 28.0 Å². The number of carboxylic acids is 1. The van der Waals surface area contributed by atoms with E-state index in [0.29, 0.717) is 43.2 Å². The van der Waals surface area contributed by atoms with Crippen molar-refractivity contribution in [1.29, 1.82) is 0 Å². The van der Waals surface area contributed by atoms with Crippen LogP contribution in [0.5, 0.6) is 0 Å². The first kappa shape index (κ1) is 27.0. The maximum Gasteiger partial charge on any atom is 0.328 e. The summed E-state index contributed by atoms with van der Waals surface area (Å²) in [6.07, 6.45) is 3.93. The van der Waals surface area contributed by atoms with Gasteiger partial charge in [0.2, 0.25) is 5.91 Å². The van der Waals surface area contributed by atoms with Crippen molar-refractivity contribution >= 4 is 39.7 Å². The third kappa shape index (κ3) is 5.19. The van der Waals surface area contributed by atoms with Gasteiger partial charge in [-0.3, -0.25) is 14.5 Å². The van der Waals surface area contributed by atoms with Gasteiger partial charge in [-0.2, -0.15) is 0 Å². The number of carboxylic acid groups (broad SMARTS) is 1. The van der Waals surface area contributed by atoms with Gasteiger partial charge in [-0.25, -0.2) is 18.4 Å². The highest BCUT2D eigenvalue weighted by molar-refractivity contribution is 9.10. The van der Waals surface area contributed by atoms with Crippen molar-refractivity contribution in [2.45, 2.75) is 56.7 Å². The minimum atomic E-state index is -1.42. The highest BCUT2D eigenvalue weighted by Gasteiger charge is 2.56. The molecular formula is C28H26BrF2N3O5. The van der Waals surface area contributed by atoms with Crippen LogP contribution in [-0.2, 0) is 32.9 Å². The number of aliphatic carboxylic acids is 1. The van der Waals surface area contributed by atoms with Crippen LogP contribution in [-0.4, -0.2) is 51.3 Å². The molecule has 5 rings (SSSR count). The minimum absolute atomic E-state index is 0.138. The van der Waals surface area contributed by atoms with Gasteiger partial charge in [0.25, 0.3) is 5.91 Å². The Labute approximate surface area is 231 Å². The Bertz CT molecular complexity index is 1390. The molecule has 2 N–H and O–H groups in total. The Kier molecular flexibility index (Phi) is 7.28. The lowest BCUT2D eigenvalue weighted by Gasteiger charge is -2.36. The zero-order chi connectivity index (χ0) is 27.9. The van der Waals surface area contributed by atoms with Crippen LogP contribution in [0.1, 0.15) is 48.8 Å². The Morgan fingerprint density at radius 3 is 2.49 bits per heavy atom. The molecule has 2 aromatic rings. The molecule has 1 saturated carbocycles. The summed E-state index contributed by atoms with van der Waals surface area (Å²) in [5.74, 6) is -3.04. The van der Waals surface area contributed by atoms with E-state index >= 15 is 0 Å². The van der Waals surface area contributed by atoms with E-state index < -0.39 is 47.5 Å². The Balaban J connectivity index is 1.37. The number of benzene rings is 2. The molecule has 2 aliphatic carbocycles. The lowest BCUT2D eigenvalue weighted by Crippen LogP contribution is -2.48. The molecule has 0 aromatic heterocycles. The maximum atomic E-state index is 14.4. The van der Waals surface area contributed by atoms with Crippen molar-refractivity contribution in [3.63, 3.8) is 0 Å². The fourth-order valence-corrected chi connectivity index (χ4v) is 6.20. The Hall–Kier alpha value is -3.60. The average Bonchev–Trinajstić information content (AvgIpc) is 3.35. The number of allylic oxidation sites excluding steroid dienone is 1. The number of amides is 4. The Morgan fingerprint density at radius 2 is 1.82 bits per heavy atom. The number of carbonyl (C=O) groups excluding carboxylic acids is 3. The smallest absolute Gasteiger partial charge is 0.328 e. The molecule has 4 amide bonds. The molecule has 3 aliphatic rings. The standard InChI is InChI=1S/C28H26BrF2N3O5/c29-22-12-18-9-10-28(21(18)13-23(22)31)26(38)34(27(39)32-28)15-24(35)33(14-17-1-5-19(30)6-2-17)20-7-3-16(4-8-20)11-25(36)37/h1-2,5-6,11-13,20H,3-4,7-10,14-15H2,(H,32,39)(H,36,37). The Morgan fingerprint density at radius 1 is 1.13 bits per heavy atom. The van der Waals surface area contributed by atoms with E-state index in [1.165, 1.54) is 24.3 Å². The number of urea groups is 1. The summed E-state index contributed by atoms with van der Waals surface area (Å²) < 4.78 is 28.1. The summed E-state index contributed by atoms with van der Waals surface area (Å²) in [5.41, 5.74) is 1.18. The van der Waals surface area contributed by atoms with Crippen molar-refractivity contribution in [3.05, 3.63) is 80.8 Å². The van der Waals surface area contributed by atoms with Crippen LogP contribution in [0.15, 0.2) is 52.5 Å². The normalized spacial score (nSPS) is 22.2. The first-order valence-electron chi connectivity index (χ1n) is 12.7. The largest absolute Gasteiger partial charge is 0.478 e. The van der Waals surface area contributed by atoms with Gasteiger partial charge in [0, 0.05) is 18.7 Å². The van der Waals surface area contributed by atoms with Crippen LogP contribution in [0.3, 0.4) is 0 Å². The number of rotatable bonds is 6. The van der Waals surface area contributed by atoms with E-state index in [1.54, 1.807) is 23.1 Å². The molecular weight excluding hydrogens is 576 g/mol. The van der Waals surface area contributed by atoms with Crippen molar-refractivity contribution in [3.8, 4) is 0 Å². The predicted molar refractivity (Wildman–Crippen MR) is 139 cm³/mol. The number of halogens is 3. The number of hydrogen-bond donors (Lipinski definition) is 2. The molecule has 0 bridgehead atoms. The molecule has 1 atom stereocenters. The maximum absolute atomic E-state index is 14.4. The van der Waals surface area contributed by atoms with E-state index in [2.05, 4.69) is 21.2 Å². The molecule has 1 heterocycles. The molecule has 39 heavy (non-hydrogen) atoms. The van der Waals surface area contributed by atoms with Crippen molar-refractivity contribution < 1.29 is 33.1 Å². The summed E-state index contributed by atoms with van der Waals surface area (Å²) in [6.45, 7) is -0.366. The fraction of sp³-hybridized carbons (Fsp3) is 0.357. The number of hydrogen-bond acceptors (Lipinski definition) is 4. The van der Waals surface area contributed by atoms with Crippen LogP contribution in [0, 0.1) is 11.6 Å². The molecule has 0 radical (unpaired) electrons. The van der Waals surface area contributed by atoms with Gasteiger partial charge in [0.15, 0.2) is 0 Å². The van der Waals surface area contributed by atoms with Crippen LogP contribution in [0.25, 0.3) is 0 Å². The number of aryl methyl sites for hydroxylation is 1. The van der Waals surface area contributed by atoms with Gasteiger partial charge < -0.3 is 15.3 Å². The van der Waals surface area contributed by atoms with Gasteiger partial charge in [0.05, 0.1) is 4.47 Å². The van der Waals surface area contributed by atoms with Crippen molar-refractivity contribution in [2.24, 2.45) is 0 Å². The molecule has 8 nitrogen and oxygen atoms in total. The lowest BCUT2D eigenvalue weighted by molar-refractivity contribution is -0.141. The van der Waals surface area contributed by atoms with E-state index in [4.69, 9.17) is 5.11 Å². The monoisotopic (exact) mass is 601 g/mol. The SMILES string of the molecule is O=C(O)C=C1CCC(N(Cc2ccc(F)cc2)C(=O)CN2C(=O)NC3(CCc4cc(Br)c(F)cc43)C2=O)CC1. The van der Waals surface area contributed by atoms with Crippen LogP contribution in [0.2, 0.25) is 0 Å². The highest BCUT2D eigenvalue weighted by atomic mass is 79.9. The molecule has 1 aliphatic heterocycles. The first-order valence-corrected chi connectivity index (χ1v) is 13.5. The first-order chi connectivity index (χ1) is 18.6. The minimum Gasteiger partial charge on any atom is -0.478 e. The fourth-order valence-electron chi connectivity index (χ4n) is 5.81. The summed E-state index contributed by atoms with van der Waals surface area (Å²) in [6, 6.07) is 7.60. The van der Waals surface area contributed by atoms with E-state index in [1.807, 2.05) is 0 Å². The van der Waals surface area contributed by atoms with Crippen molar-refractivity contribution in [2.75, 3.05) is 6.54 Å². The zero-order valence-corrected chi connectivity index (χ0v) is 22.5. The zero-order valence-electron chi connectivity index (χ0n) is 20.9. The van der Waals surface area contributed by atoms with Gasteiger partial charge in [-0.05, 0) is 95.4 Å². The lowest BCUT2D eigenvalue weighted by atomic mass is 9.89. The van der Waals surface area contributed by atoms with Gasteiger partial charge in [-0.1, -0.05) is 17.7 Å². The van der Waals surface area contributed by atoms with Crippen LogP contribution >= 0.6 is 15.9 Å². The molecule has 1 saturated heterocycles. The van der Waals surface area contributed by atoms with Gasteiger partial charge >= 0.3 is 12.0 Å². The van der Waals surface area contributed by atoms with Gasteiger partial charge in [0.1, 0.15) is 23.7 Å². The van der Waals surface area contributed by atoms with Crippen molar-refractivity contribution in [1.82, 2.24) is 15.1 Å². The number of nitrogens with zero attached hydrogens (tertiary/aromatic N) is 2. The molecule has 2 aromatic carbocycles. The van der Waals surface area contributed by atoms with Gasteiger partial charge in [-0.15, -0.1) is 0 Å².